The summed E-state index contributed by atoms with van der Waals surface area (Å²) in [6.45, 7) is 3.15. The van der Waals surface area contributed by atoms with E-state index in [1.165, 1.54) is 25.7 Å². The normalized spacial score (nSPS) is 12.5. The van der Waals surface area contributed by atoms with Gasteiger partial charge in [-0.1, -0.05) is 44.7 Å². The highest BCUT2D eigenvalue weighted by molar-refractivity contribution is 5.80. The van der Waals surface area contributed by atoms with E-state index < -0.39 is 11.9 Å². The minimum absolute atomic E-state index is 0.450. The van der Waals surface area contributed by atoms with E-state index in [-0.39, 0.29) is 0 Å². The molecule has 6 nitrogen and oxygen atoms in total. The lowest BCUT2D eigenvalue weighted by Crippen LogP contribution is -2.39. The molecule has 1 aromatic carbocycles. The van der Waals surface area contributed by atoms with Crippen LogP contribution in [-0.4, -0.2) is 26.7 Å². The number of nitrogens with two attached hydrogens (primary N) is 1. The molecule has 0 spiro atoms. The quantitative estimate of drug-likeness (QED) is 0.354. The Kier molecular flexibility index (Phi) is 7.21. The van der Waals surface area contributed by atoms with Gasteiger partial charge in [-0.25, -0.2) is 10.5 Å². The summed E-state index contributed by atoms with van der Waals surface area (Å²) in [5, 5.41) is 8.66. The Morgan fingerprint density at radius 3 is 2.79 bits per heavy atom. The number of fused-ring (bicyclic) bond motifs is 1. The molecule has 0 aliphatic rings. The maximum Gasteiger partial charge on any atom is 0.260 e. The predicted octanol–water partition coefficient (Wildman–Crippen LogP) is 2.77. The highest BCUT2D eigenvalue weighted by Crippen LogP contribution is 2.19. The van der Waals surface area contributed by atoms with Crippen molar-refractivity contribution in [3.8, 4) is 0 Å². The number of carbonyl (C=O) groups is 1. The predicted molar refractivity (Wildman–Crippen MR) is 94.7 cm³/mol. The topological polar surface area (TPSA) is 93.2 Å². The number of hydroxylamine groups is 1. The van der Waals surface area contributed by atoms with Gasteiger partial charge in [0.1, 0.15) is 5.82 Å². The summed E-state index contributed by atoms with van der Waals surface area (Å²) in [5.41, 5.74) is 9.47. The summed E-state index contributed by atoms with van der Waals surface area (Å²) in [5.74, 6) is 0.394. The average Bonchev–Trinajstić information content (AvgIpc) is 2.96. The van der Waals surface area contributed by atoms with Gasteiger partial charge in [-0.05, 0) is 25.0 Å². The van der Waals surface area contributed by atoms with Crippen LogP contribution >= 0.6 is 0 Å². The highest BCUT2D eigenvalue weighted by Gasteiger charge is 2.16. The molecule has 2 rings (SSSR count). The fourth-order valence-electron chi connectivity index (χ4n) is 2.94. The van der Waals surface area contributed by atoms with Gasteiger partial charge in [0.25, 0.3) is 5.91 Å². The van der Waals surface area contributed by atoms with Crippen LogP contribution in [0.15, 0.2) is 24.3 Å². The minimum Gasteiger partial charge on any atom is -0.328 e. The van der Waals surface area contributed by atoms with Crippen LogP contribution in [0.3, 0.4) is 0 Å². The first-order valence-corrected chi connectivity index (χ1v) is 8.81. The molecule has 1 aromatic heterocycles. The van der Waals surface area contributed by atoms with Crippen molar-refractivity contribution in [1.82, 2.24) is 15.0 Å². The van der Waals surface area contributed by atoms with Crippen LogP contribution in [0.4, 0.5) is 0 Å². The van der Waals surface area contributed by atoms with E-state index in [1.54, 1.807) is 5.48 Å². The van der Waals surface area contributed by atoms with Gasteiger partial charge < -0.3 is 10.3 Å². The molecule has 0 aliphatic heterocycles. The standard InChI is InChI=1S/C18H28N4O2/c1-2-3-4-5-8-13-22-16-10-7-6-9-15(16)20-17(22)12-11-14(19)18(23)21-24/h6-7,9-10,14,24H,2-5,8,11-13,19H2,1H3,(H,21,23)/t14-/m0/s1. The SMILES string of the molecule is CCCCCCCn1c(CC[C@H](N)C(=O)NO)nc2ccccc21. The van der Waals surface area contributed by atoms with Crippen molar-refractivity contribution in [2.24, 2.45) is 5.73 Å². The van der Waals surface area contributed by atoms with Crippen molar-refractivity contribution in [1.29, 1.82) is 0 Å². The second kappa shape index (κ2) is 9.39. The number of aryl methyl sites for hydroxylation is 2. The molecule has 0 unspecified atom stereocenters. The number of carbonyl (C=O) groups excluding carboxylic acids is 1. The van der Waals surface area contributed by atoms with E-state index in [1.807, 2.05) is 18.2 Å². The summed E-state index contributed by atoms with van der Waals surface area (Å²) in [6, 6.07) is 7.36. The van der Waals surface area contributed by atoms with Gasteiger partial charge in [0.05, 0.1) is 17.1 Å². The highest BCUT2D eigenvalue weighted by atomic mass is 16.5. The molecule has 0 saturated heterocycles. The zero-order valence-electron chi connectivity index (χ0n) is 14.4. The number of aromatic nitrogens is 2. The molecule has 0 fully saturated rings. The van der Waals surface area contributed by atoms with Crippen LogP contribution < -0.4 is 11.2 Å². The lowest BCUT2D eigenvalue weighted by atomic mass is 10.1. The third-order valence-corrected chi connectivity index (χ3v) is 4.34. The Bertz CT molecular complexity index is 654. The first kappa shape index (κ1) is 18.4. The molecular formula is C18H28N4O2. The minimum atomic E-state index is -0.729. The zero-order valence-corrected chi connectivity index (χ0v) is 14.4. The Labute approximate surface area is 143 Å². The van der Waals surface area contributed by atoms with E-state index in [0.717, 1.165) is 29.8 Å². The van der Waals surface area contributed by atoms with Crippen molar-refractivity contribution >= 4 is 16.9 Å². The molecule has 1 amide bonds. The number of nitrogens with one attached hydrogen (secondary N) is 1. The molecule has 0 radical (unpaired) electrons. The monoisotopic (exact) mass is 332 g/mol. The average molecular weight is 332 g/mol. The molecule has 1 atom stereocenters. The van der Waals surface area contributed by atoms with E-state index >= 15 is 0 Å². The molecule has 6 heteroatoms. The van der Waals surface area contributed by atoms with Crippen LogP contribution in [0.2, 0.25) is 0 Å². The summed E-state index contributed by atoms with van der Waals surface area (Å²) in [6.07, 6.45) is 7.18. The van der Waals surface area contributed by atoms with E-state index in [0.29, 0.717) is 12.8 Å². The van der Waals surface area contributed by atoms with Crippen LogP contribution in [0.25, 0.3) is 11.0 Å². The van der Waals surface area contributed by atoms with E-state index in [4.69, 9.17) is 15.9 Å². The van der Waals surface area contributed by atoms with Gasteiger partial charge in [-0.15, -0.1) is 0 Å². The molecule has 4 N–H and O–H groups in total. The van der Waals surface area contributed by atoms with Gasteiger partial charge in [0, 0.05) is 13.0 Å². The maximum absolute atomic E-state index is 11.3. The van der Waals surface area contributed by atoms with Crippen molar-refractivity contribution in [3.63, 3.8) is 0 Å². The fourth-order valence-corrected chi connectivity index (χ4v) is 2.94. The molecule has 24 heavy (non-hydrogen) atoms. The smallest absolute Gasteiger partial charge is 0.260 e. The first-order chi connectivity index (χ1) is 11.7. The number of imidazole rings is 1. The number of para-hydroxylation sites is 2. The Hall–Kier alpha value is -1.92. The molecule has 0 aliphatic carbocycles. The summed E-state index contributed by atoms with van der Waals surface area (Å²) in [4.78, 5) is 16.0. The third kappa shape index (κ3) is 4.79. The summed E-state index contributed by atoms with van der Waals surface area (Å²) < 4.78 is 2.24. The Morgan fingerprint density at radius 1 is 1.29 bits per heavy atom. The van der Waals surface area contributed by atoms with Crippen molar-refractivity contribution < 1.29 is 10.0 Å². The lowest BCUT2D eigenvalue weighted by Gasteiger charge is -2.11. The van der Waals surface area contributed by atoms with Gasteiger partial charge in [0.2, 0.25) is 0 Å². The van der Waals surface area contributed by atoms with Gasteiger partial charge in [-0.2, -0.15) is 0 Å². The number of unbranched alkanes of at least 4 members (excludes halogenated alkanes) is 4. The second-order valence-corrected chi connectivity index (χ2v) is 6.20. The lowest BCUT2D eigenvalue weighted by molar-refractivity contribution is -0.130. The molecule has 1 heterocycles. The van der Waals surface area contributed by atoms with E-state index in [2.05, 4.69) is 17.6 Å². The van der Waals surface area contributed by atoms with Crippen molar-refractivity contribution in [2.45, 2.75) is 64.5 Å². The maximum atomic E-state index is 11.3. The number of hydrogen-bond donors (Lipinski definition) is 3. The summed E-state index contributed by atoms with van der Waals surface area (Å²) >= 11 is 0. The zero-order chi connectivity index (χ0) is 17.4. The summed E-state index contributed by atoms with van der Waals surface area (Å²) in [7, 11) is 0. The molecular weight excluding hydrogens is 304 g/mol. The molecule has 132 valence electrons. The Balaban J connectivity index is 2.07. The fraction of sp³-hybridized carbons (Fsp3) is 0.556. The number of nitrogens with zero attached hydrogens (tertiary/aromatic N) is 2. The number of benzene rings is 1. The Morgan fingerprint density at radius 2 is 2.04 bits per heavy atom. The van der Waals surface area contributed by atoms with Gasteiger partial charge in [-0.3, -0.25) is 10.0 Å². The third-order valence-electron chi connectivity index (χ3n) is 4.34. The van der Waals surface area contributed by atoms with Crippen LogP contribution in [0, 0.1) is 0 Å². The number of hydrogen-bond acceptors (Lipinski definition) is 4. The van der Waals surface area contributed by atoms with Crippen LogP contribution in [-0.2, 0) is 17.8 Å². The first-order valence-electron chi connectivity index (χ1n) is 8.81. The van der Waals surface area contributed by atoms with Crippen LogP contribution in [0.5, 0.6) is 0 Å². The second-order valence-electron chi connectivity index (χ2n) is 6.20. The number of amides is 1. The van der Waals surface area contributed by atoms with Gasteiger partial charge >= 0.3 is 0 Å². The van der Waals surface area contributed by atoms with Gasteiger partial charge in [0.15, 0.2) is 0 Å². The van der Waals surface area contributed by atoms with Crippen molar-refractivity contribution in [2.75, 3.05) is 0 Å². The molecule has 2 aromatic rings. The molecule has 0 bridgehead atoms. The van der Waals surface area contributed by atoms with E-state index in [9.17, 15) is 4.79 Å². The molecule has 0 saturated carbocycles. The van der Waals surface area contributed by atoms with Crippen LogP contribution in [0.1, 0.15) is 51.3 Å². The number of rotatable bonds is 10. The van der Waals surface area contributed by atoms with Crippen molar-refractivity contribution in [3.05, 3.63) is 30.1 Å². The largest absolute Gasteiger partial charge is 0.328 e.